The van der Waals surface area contributed by atoms with Crippen molar-refractivity contribution in [2.75, 3.05) is 6.54 Å². The first kappa shape index (κ1) is 15.0. The van der Waals surface area contributed by atoms with Crippen LogP contribution in [0.25, 0.3) is 0 Å². The number of rotatable bonds is 10. The quantitative estimate of drug-likeness (QED) is 0.460. The summed E-state index contributed by atoms with van der Waals surface area (Å²) in [7, 11) is 0. The van der Waals surface area contributed by atoms with E-state index in [1.165, 1.54) is 25.7 Å². The molecule has 1 N–H and O–H groups in total. The summed E-state index contributed by atoms with van der Waals surface area (Å²) in [5.41, 5.74) is 0. The fraction of sp³-hybridized carbons (Fsp3) is 0.688. The van der Waals surface area contributed by atoms with Gasteiger partial charge in [-0.15, -0.1) is 0 Å². The Morgan fingerprint density at radius 2 is 1.72 bits per heavy atom. The standard InChI is InChI=1S/C16H27NO/c1-2-3-4-5-6-7-8-9-10-11-14-17-16(18)15-12-13-15/h6-7,10-11,15H,2-5,8-9,12-14H2,1H3,(H,17,18)/b7-6-,11-10+. The Morgan fingerprint density at radius 3 is 2.39 bits per heavy atom. The van der Waals surface area contributed by atoms with Crippen LogP contribution in [-0.4, -0.2) is 12.5 Å². The highest BCUT2D eigenvalue weighted by atomic mass is 16.2. The van der Waals surface area contributed by atoms with Gasteiger partial charge < -0.3 is 5.32 Å². The summed E-state index contributed by atoms with van der Waals surface area (Å²) >= 11 is 0. The van der Waals surface area contributed by atoms with Crippen molar-refractivity contribution in [2.45, 2.75) is 58.3 Å². The van der Waals surface area contributed by atoms with Crippen LogP contribution in [0.1, 0.15) is 58.3 Å². The molecule has 0 heterocycles. The van der Waals surface area contributed by atoms with Crippen molar-refractivity contribution in [3.8, 4) is 0 Å². The lowest BCUT2D eigenvalue weighted by Crippen LogP contribution is -2.24. The van der Waals surface area contributed by atoms with Crippen molar-refractivity contribution in [1.29, 1.82) is 0 Å². The maximum absolute atomic E-state index is 11.3. The minimum Gasteiger partial charge on any atom is -0.352 e. The lowest BCUT2D eigenvalue weighted by Gasteiger charge is -1.98. The van der Waals surface area contributed by atoms with Crippen LogP contribution in [-0.2, 0) is 4.79 Å². The van der Waals surface area contributed by atoms with Crippen LogP contribution in [0.3, 0.4) is 0 Å². The summed E-state index contributed by atoms with van der Waals surface area (Å²) in [6.07, 6.45) is 18.3. The van der Waals surface area contributed by atoms with E-state index >= 15 is 0 Å². The summed E-state index contributed by atoms with van der Waals surface area (Å²) in [6.45, 7) is 2.92. The molecule has 0 aromatic heterocycles. The molecule has 0 aliphatic heterocycles. The molecule has 0 saturated heterocycles. The molecular weight excluding hydrogens is 222 g/mol. The number of carbonyl (C=O) groups excluding carboxylic acids is 1. The van der Waals surface area contributed by atoms with Crippen LogP contribution < -0.4 is 5.32 Å². The predicted octanol–water partition coefficient (Wildman–Crippen LogP) is 3.99. The monoisotopic (exact) mass is 249 g/mol. The van der Waals surface area contributed by atoms with E-state index in [-0.39, 0.29) is 5.91 Å². The van der Waals surface area contributed by atoms with Gasteiger partial charge in [0.1, 0.15) is 0 Å². The first-order chi connectivity index (χ1) is 8.84. The SMILES string of the molecule is CCCCC/C=C\CC/C=C/CNC(=O)C1CC1. The van der Waals surface area contributed by atoms with E-state index in [9.17, 15) is 4.79 Å². The minimum absolute atomic E-state index is 0.232. The van der Waals surface area contributed by atoms with Gasteiger partial charge in [-0.25, -0.2) is 0 Å². The van der Waals surface area contributed by atoms with Crippen LogP contribution >= 0.6 is 0 Å². The Morgan fingerprint density at radius 1 is 1.06 bits per heavy atom. The van der Waals surface area contributed by atoms with E-state index < -0.39 is 0 Å². The second kappa shape index (κ2) is 9.93. The first-order valence-electron chi connectivity index (χ1n) is 7.42. The van der Waals surface area contributed by atoms with E-state index in [1.807, 2.05) is 0 Å². The van der Waals surface area contributed by atoms with Gasteiger partial charge in [0, 0.05) is 12.5 Å². The van der Waals surface area contributed by atoms with Gasteiger partial charge in [0.15, 0.2) is 0 Å². The smallest absolute Gasteiger partial charge is 0.223 e. The van der Waals surface area contributed by atoms with E-state index in [0.29, 0.717) is 12.5 Å². The number of allylic oxidation sites excluding steroid dienone is 3. The average molecular weight is 249 g/mol. The maximum atomic E-state index is 11.3. The Bertz CT molecular complexity index is 277. The summed E-state index contributed by atoms with van der Waals surface area (Å²) in [4.78, 5) is 11.3. The van der Waals surface area contributed by atoms with E-state index in [2.05, 4.69) is 36.5 Å². The molecule has 1 saturated carbocycles. The van der Waals surface area contributed by atoms with Gasteiger partial charge in [-0.05, 0) is 38.5 Å². The molecule has 1 aliphatic carbocycles. The van der Waals surface area contributed by atoms with Crippen LogP contribution in [0.4, 0.5) is 0 Å². The summed E-state index contributed by atoms with van der Waals surface area (Å²) in [5.74, 6) is 0.555. The number of carbonyl (C=O) groups is 1. The lowest BCUT2D eigenvalue weighted by atomic mass is 10.2. The highest BCUT2D eigenvalue weighted by Crippen LogP contribution is 2.28. The third-order valence-corrected chi connectivity index (χ3v) is 3.15. The average Bonchev–Trinajstić information content (AvgIpc) is 3.20. The number of amides is 1. The third kappa shape index (κ3) is 8.10. The van der Waals surface area contributed by atoms with Crippen LogP contribution in [0.5, 0.6) is 0 Å². The van der Waals surface area contributed by atoms with E-state index in [0.717, 1.165) is 25.7 Å². The van der Waals surface area contributed by atoms with Crippen LogP contribution in [0, 0.1) is 5.92 Å². The third-order valence-electron chi connectivity index (χ3n) is 3.15. The van der Waals surface area contributed by atoms with Gasteiger partial charge in [-0.2, -0.15) is 0 Å². The summed E-state index contributed by atoms with van der Waals surface area (Å²) in [6, 6.07) is 0. The highest BCUT2D eigenvalue weighted by Gasteiger charge is 2.28. The van der Waals surface area contributed by atoms with Crippen molar-refractivity contribution in [1.82, 2.24) is 5.32 Å². The second-order valence-corrected chi connectivity index (χ2v) is 5.04. The zero-order chi connectivity index (χ0) is 13.1. The van der Waals surface area contributed by atoms with E-state index in [1.54, 1.807) is 0 Å². The van der Waals surface area contributed by atoms with E-state index in [4.69, 9.17) is 0 Å². The maximum Gasteiger partial charge on any atom is 0.223 e. The van der Waals surface area contributed by atoms with Crippen LogP contribution in [0.15, 0.2) is 24.3 Å². The lowest BCUT2D eigenvalue weighted by molar-refractivity contribution is -0.122. The molecule has 2 nitrogen and oxygen atoms in total. The van der Waals surface area contributed by atoms with Crippen molar-refractivity contribution < 1.29 is 4.79 Å². The molecule has 0 bridgehead atoms. The van der Waals surface area contributed by atoms with Gasteiger partial charge in [-0.3, -0.25) is 4.79 Å². The number of hydrogen-bond donors (Lipinski definition) is 1. The van der Waals surface area contributed by atoms with Crippen molar-refractivity contribution in [3.05, 3.63) is 24.3 Å². The fourth-order valence-electron chi connectivity index (χ4n) is 1.79. The molecule has 1 aliphatic rings. The molecular formula is C16H27NO. The zero-order valence-electron chi connectivity index (χ0n) is 11.7. The Hall–Kier alpha value is -1.05. The van der Waals surface area contributed by atoms with Gasteiger partial charge in [0.2, 0.25) is 5.91 Å². The number of unbranched alkanes of at least 4 members (excludes halogenated alkanes) is 4. The molecule has 1 fully saturated rings. The molecule has 0 atom stereocenters. The van der Waals surface area contributed by atoms with Crippen LogP contribution in [0.2, 0.25) is 0 Å². The molecule has 1 amide bonds. The normalized spacial score (nSPS) is 15.6. The van der Waals surface area contributed by atoms with Gasteiger partial charge in [-0.1, -0.05) is 44.1 Å². The molecule has 102 valence electrons. The first-order valence-corrected chi connectivity index (χ1v) is 7.42. The van der Waals surface area contributed by atoms with Gasteiger partial charge in [0.05, 0.1) is 0 Å². The topological polar surface area (TPSA) is 29.1 Å². The summed E-state index contributed by atoms with van der Waals surface area (Å²) in [5, 5.41) is 2.93. The molecule has 2 heteroatoms. The molecule has 0 aromatic rings. The summed E-state index contributed by atoms with van der Waals surface area (Å²) < 4.78 is 0. The Kier molecular flexibility index (Phi) is 8.28. The predicted molar refractivity (Wildman–Crippen MR) is 77.4 cm³/mol. The number of hydrogen-bond acceptors (Lipinski definition) is 1. The Balaban J connectivity index is 1.85. The molecule has 18 heavy (non-hydrogen) atoms. The van der Waals surface area contributed by atoms with Gasteiger partial charge >= 0.3 is 0 Å². The van der Waals surface area contributed by atoms with Crippen molar-refractivity contribution in [3.63, 3.8) is 0 Å². The molecule has 0 unspecified atom stereocenters. The molecule has 1 rings (SSSR count). The Labute approximate surface area is 112 Å². The minimum atomic E-state index is 0.232. The molecule has 0 spiro atoms. The fourth-order valence-corrected chi connectivity index (χ4v) is 1.79. The van der Waals surface area contributed by atoms with Crippen molar-refractivity contribution in [2.24, 2.45) is 5.92 Å². The van der Waals surface area contributed by atoms with Gasteiger partial charge in [0.25, 0.3) is 0 Å². The van der Waals surface area contributed by atoms with Crippen molar-refractivity contribution >= 4 is 5.91 Å². The zero-order valence-corrected chi connectivity index (χ0v) is 11.7. The second-order valence-electron chi connectivity index (χ2n) is 5.04. The molecule has 0 radical (unpaired) electrons. The molecule has 0 aromatic carbocycles. The largest absolute Gasteiger partial charge is 0.352 e. The number of nitrogens with one attached hydrogen (secondary N) is 1. The highest BCUT2D eigenvalue weighted by molar-refractivity contribution is 5.80.